The minimum Gasteiger partial charge on any atom is -0.465 e. The van der Waals surface area contributed by atoms with Crippen molar-refractivity contribution in [1.82, 2.24) is 4.90 Å². The van der Waals surface area contributed by atoms with Gasteiger partial charge >= 0.3 is 5.97 Å². The predicted octanol–water partition coefficient (Wildman–Crippen LogP) is 2.42. The molecule has 3 aromatic rings. The number of esters is 1. The lowest BCUT2D eigenvalue weighted by atomic mass is 10.0. The molecule has 0 spiro atoms. The van der Waals surface area contributed by atoms with Crippen LogP contribution in [0.25, 0.3) is 11.1 Å². The SMILES string of the molecule is CCOC(=O)CN(Cc1cccc(C(=N)N)c1)C(=O)Cc1ccc(-c2ccccc2S(N)(=O)=O)cc1. The third-order valence-electron chi connectivity index (χ3n) is 5.40. The molecule has 0 aliphatic carbocycles. The molecule has 188 valence electrons. The van der Waals surface area contributed by atoms with Gasteiger partial charge in [-0.05, 0) is 35.7 Å². The molecule has 0 unspecified atom stereocenters. The molecule has 0 aromatic heterocycles. The molecule has 1 amide bonds. The lowest BCUT2D eigenvalue weighted by Crippen LogP contribution is -2.37. The first-order chi connectivity index (χ1) is 17.1. The van der Waals surface area contributed by atoms with E-state index in [0.717, 1.165) is 5.56 Å². The average molecular weight is 509 g/mol. The highest BCUT2D eigenvalue weighted by Crippen LogP contribution is 2.27. The summed E-state index contributed by atoms with van der Waals surface area (Å²) >= 11 is 0. The Kier molecular flexibility index (Phi) is 8.57. The quantitative estimate of drug-likeness (QED) is 0.217. The molecule has 0 fully saturated rings. The lowest BCUT2D eigenvalue weighted by Gasteiger charge is -2.22. The fraction of sp³-hybridized carbons (Fsp3) is 0.192. The van der Waals surface area contributed by atoms with Crippen LogP contribution in [0.4, 0.5) is 0 Å². The van der Waals surface area contributed by atoms with Crippen molar-refractivity contribution in [3.05, 3.63) is 89.5 Å². The number of amides is 1. The van der Waals surface area contributed by atoms with Crippen molar-refractivity contribution in [3.63, 3.8) is 0 Å². The number of carbonyl (C=O) groups excluding carboxylic acids is 2. The van der Waals surface area contributed by atoms with Gasteiger partial charge in [-0.1, -0.05) is 60.7 Å². The number of nitrogens with two attached hydrogens (primary N) is 2. The van der Waals surface area contributed by atoms with Crippen LogP contribution in [0.15, 0.2) is 77.7 Å². The summed E-state index contributed by atoms with van der Waals surface area (Å²) in [5, 5.41) is 13.0. The van der Waals surface area contributed by atoms with Gasteiger partial charge in [0.05, 0.1) is 17.9 Å². The largest absolute Gasteiger partial charge is 0.465 e. The second-order valence-corrected chi connectivity index (χ2v) is 9.61. The van der Waals surface area contributed by atoms with Crippen LogP contribution >= 0.6 is 0 Å². The number of nitrogens with one attached hydrogen (secondary N) is 1. The summed E-state index contributed by atoms with van der Waals surface area (Å²) in [7, 11) is -3.90. The summed E-state index contributed by atoms with van der Waals surface area (Å²) in [6, 6.07) is 20.2. The van der Waals surface area contributed by atoms with E-state index in [4.69, 9.17) is 21.0 Å². The number of primary sulfonamides is 1. The van der Waals surface area contributed by atoms with Gasteiger partial charge in [0.1, 0.15) is 12.4 Å². The number of rotatable bonds is 10. The second-order valence-electron chi connectivity index (χ2n) is 8.08. The lowest BCUT2D eigenvalue weighted by molar-refractivity contribution is -0.149. The van der Waals surface area contributed by atoms with Crippen molar-refractivity contribution in [1.29, 1.82) is 5.41 Å². The molecule has 36 heavy (non-hydrogen) atoms. The maximum absolute atomic E-state index is 13.2. The summed E-state index contributed by atoms with van der Waals surface area (Å²) in [6.45, 7) is 1.80. The molecule has 0 aliphatic rings. The summed E-state index contributed by atoms with van der Waals surface area (Å²) in [4.78, 5) is 26.7. The van der Waals surface area contributed by atoms with Crippen LogP contribution in [0, 0.1) is 5.41 Å². The van der Waals surface area contributed by atoms with Gasteiger partial charge in [-0.3, -0.25) is 15.0 Å². The zero-order valence-electron chi connectivity index (χ0n) is 19.8. The molecule has 0 bridgehead atoms. The summed E-state index contributed by atoms with van der Waals surface area (Å²) < 4.78 is 28.9. The number of carbonyl (C=O) groups is 2. The van der Waals surface area contributed by atoms with Gasteiger partial charge in [0.25, 0.3) is 0 Å². The van der Waals surface area contributed by atoms with E-state index in [1.54, 1.807) is 73.7 Å². The molecule has 0 saturated heterocycles. The molecule has 3 rings (SSSR count). The van der Waals surface area contributed by atoms with Crippen LogP contribution in [0.1, 0.15) is 23.6 Å². The zero-order chi connectivity index (χ0) is 26.3. The minimum atomic E-state index is -3.90. The molecule has 0 atom stereocenters. The fourth-order valence-electron chi connectivity index (χ4n) is 3.69. The number of hydrogen-bond acceptors (Lipinski definition) is 6. The molecular weight excluding hydrogens is 480 g/mol. The van der Waals surface area contributed by atoms with Crippen molar-refractivity contribution in [2.24, 2.45) is 10.9 Å². The van der Waals surface area contributed by atoms with Crippen LogP contribution in [0.2, 0.25) is 0 Å². The Hall–Kier alpha value is -4.02. The summed E-state index contributed by atoms with van der Waals surface area (Å²) in [5.41, 5.74) is 8.60. The minimum absolute atomic E-state index is 0.0160. The Morgan fingerprint density at radius 3 is 2.31 bits per heavy atom. The number of benzene rings is 3. The normalized spacial score (nSPS) is 11.1. The van der Waals surface area contributed by atoms with Gasteiger partial charge in [0.2, 0.25) is 15.9 Å². The van der Waals surface area contributed by atoms with Gasteiger partial charge in [-0.15, -0.1) is 0 Å². The van der Waals surface area contributed by atoms with E-state index in [9.17, 15) is 18.0 Å². The van der Waals surface area contributed by atoms with Crippen molar-refractivity contribution < 1.29 is 22.7 Å². The van der Waals surface area contributed by atoms with Gasteiger partial charge in [0.15, 0.2) is 0 Å². The fourth-order valence-corrected chi connectivity index (χ4v) is 4.45. The Labute approximate surface area is 210 Å². The van der Waals surface area contributed by atoms with Gasteiger partial charge in [-0.2, -0.15) is 0 Å². The van der Waals surface area contributed by atoms with Gasteiger partial charge in [0, 0.05) is 17.7 Å². The maximum Gasteiger partial charge on any atom is 0.325 e. The average Bonchev–Trinajstić information content (AvgIpc) is 2.84. The Bertz CT molecular complexity index is 1370. The van der Waals surface area contributed by atoms with Crippen LogP contribution in [0.3, 0.4) is 0 Å². The Morgan fingerprint density at radius 1 is 0.972 bits per heavy atom. The van der Waals surface area contributed by atoms with Crippen LogP contribution in [0.5, 0.6) is 0 Å². The topological polar surface area (TPSA) is 157 Å². The number of amidine groups is 1. The van der Waals surface area contributed by atoms with Crippen molar-refractivity contribution >= 4 is 27.7 Å². The zero-order valence-corrected chi connectivity index (χ0v) is 20.6. The summed E-state index contributed by atoms with van der Waals surface area (Å²) in [6.07, 6.45) is 0.0168. The first kappa shape index (κ1) is 26.6. The molecule has 0 heterocycles. The van der Waals surface area contributed by atoms with Gasteiger partial charge in [-0.25, -0.2) is 13.6 Å². The molecule has 5 N–H and O–H groups in total. The third-order valence-corrected chi connectivity index (χ3v) is 6.37. The number of sulfonamides is 1. The number of ether oxygens (including phenoxy) is 1. The monoisotopic (exact) mass is 508 g/mol. The highest BCUT2D eigenvalue weighted by Gasteiger charge is 2.20. The molecule has 9 nitrogen and oxygen atoms in total. The maximum atomic E-state index is 13.2. The highest BCUT2D eigenvalue weighted by molar-refractivity contribution is 7.89. The van der Waals surface area contributed by atoms with E-state index in [0.29, 0.717) is 22.3 Å². The van der Waals surface area contributed by atoms with Crippen molar-refractivity contribution in [3.8, 4) is 11.1 Å². The number of nitrogens with zero attached hydrogens (tertiary/aromatic N) is 1. The van der Waals surface area contributed by atoms with Crippen molar-refractivity contribution in [2.75, 3.05) is 13.2 Å². The van der Waals surface area contributed by atoms with E-state index in [1.807, 2.05) is 0 Å². The predicted molar refractivity (Wildman–Crippen MR) is 136 cm³/mol. The van der Waals surface area contributed by atoms with E-state index < -0.39 is 16.0 Å². The van der Waals surface area contributed by atoms with E-state index in [-0.39, 0.29) is 42.8 Å². The standard InChI is InChI=1S/C26H28N4O5S/c1-2-35-25(32)17-30(16-19-6-5-7-21(14-19)26(27)28)24(31)15-18-10-12-20(13-11-18)22-8-3-4-9-23(22)36(29,33)34/h3-14H,2,15-17H2,1H3,(H3,27,28)(H2,29,33,34). The van der Waals surface area contributed by atoms with Gasteiger partial charge < -0.3 is 15.4 Å². The molecule has 0 saturated carbocycles. The second kappa shape index (κ2) is 11.6. The van der Waals surface area contributed by atoms with Crippen molar-refractivity contribution in [2.45, 2.75) is 24.8 Å². The Morgan fingerprint density at radius 2 is 1.67 bits per heavy atom. The summed E-state index contributed by atoms with van der Waals surface area (Å²) in [5.74, 6) is -0.915. The number of hydrogen-bond donors (Lipinski definition) is 3. The highest BCUT2D eigenvalue weighted by atomic mass is 32.2. The Balaban J connectivity index is 1.81. The molecule has 0 radical (unpaired) electrons. The molecule has 10 heteroatoms. The first-order valence-corrected chi connectivity index (χ1v) is 12.7. The van der Waals surface area contributed by atoms with E-state index in [1.165, 1.54) is 11.0 Å². The van der Waals surface area contributed by atoms with Crippen LogP contribution in [-0.4, -0.2) is 44.2 Å². The smallest absolute Gasteiger partial charge is 0.325 e. The number of nitrogen functional groups attached to an aromatic ring is 1. The van der Waals surface area contributed by atoms with E-state index >= 15 is 0 Å². The molecular formula is C26H28N4O5S. The first-order valence-electron chi connectivity index (χ1n) is 11.2. The molecule has 0 aliphatic heterocycles. The van der Waals surface area contributed by atoms with Crippen LogP contribution in [-0.2, 0) is 37.3 Å². The van der Waals surface area contributed by atoms with E-state index in [2.05, 4.69) is 0 Å². The third kappa shape index (κ3) is 7.00. The van der Waals surface area contributed by atoms with Crippen LogP contribution < -0.4 is 10.9 Å². The molecule has 3 aromatic carbocycles.